The molecule has 4 heteroatoms. The van der Waals surface area contributed by atoms with E-state index in [0.717, 1.165) is 19.8 Å². The molecule has 72 valence electrons. The van der Waals surface area contributed by atoms with E-state index in [2.05, 4.69) is 12.2 Å². The second-order valence-corrected chi connectivity index (χ2v) is 3.75. The first kappa shape index (κ1) is 9.92. The van der Waals surface area contributed by atoms with Crippen LogP contribution in [0, 0.1) is 5.41 Å². The Bertz CT molecular complexity index is 132. The molecule has 0 aromatic carbocycles. The Morgan fingerprint density at radius 1 is 1.42 bits per heavy atom. The van der Waals surface area contributed by atoms with Crippen LogP contribution in [0.4, 0.5) is 0 Å². The maximum absolute atomic E-state index is 8.76. The topological polar surface area (TPSA) is 61.7 Å². The van der Waals surface area contributed by atoms with E-state index < -0.39 is 0 Å². The average Bonchev–Trinajstić information content (AvgIpc) is 2.03. The van der Waals surface area contributed by atoms with Gasteiger partial charge in [-0.1, -0.05) is 6.92 Å². The van der Waals surface area contributed by atoms with Gasteiger partial charge in [0.2, 0.25) is 0 Å². The highest BCUT2D eigenvalue weighted by Gasteiger charge is 2.33. The van der Waals surface area contributed by atoms with Crippen molar-refractivity contribution >= 4 is 0 Å². The summed E-state index contributed by atoms with van der Waals surface area (Å²) in [6, 6.07) is -0.192. The van der Waals surface area contributed by atoms with Gasteiger partial charge in [0.05, 0.1) is 32.5 Å². The zero-order valence-electron chi connectivity index (χ0n) is 7.42. The summed E-state index contributed by atoms with van der Waals surface area (Å²) in [6.07, 6.45) is 0. The molecule has 0 spiro atoms. The molecule has 1 aliphatic rings. The number of aliphatic hydroxyl groups excluding tert-OH is 2. The van der Waals surface area contributed by atoms with Crippen LogP contribution >= 0.6 is 0 Å². The van der Waals surface area contributed by atoms with Gasteiger partial charge in [0.15, 0.2) is 0 Å². The van der Waals surface area contributed by atoms with E-state index in [-0.39, 0.29) is 24.7 Å². The van der Waals surface area contributed by atoms with Gasteiger partial charge in [-0.2, -0.15) is 0 Å². The molecule has 0 amide bonds. The summed E-state index contributed by atoms with van der Waals surface area (Å²) in [5.41, 5.74) is 0.197. The lowest BCUT2D eigenvalue weighted by Gasteiger charge is -2.39. The van der Waals surface area contributed by atoms with Crippen LogP contribution in [0.1, 0.15) is 6.92 Å². The van der Waals surface area contributed by atoms with Gasteiger partial charge in [-0.05, 0) is 0 Å². The molecule has 0 aromatic heterocycles. The maximum Gasteiger partial charge on any atom is 0.0607 e. The van der Waals surface area contributed by atoms with Crippen molar-refractivity contribution in [2.75, 3.05) is 33.0 Å². The molecule has 1 rings (SSSR count). The fraction of sp³-hybridized carbons (Fsp3) is 1.00. The summed E-state index contributed by atoms with van der Waals surface area (Å²) in [5.74, 6) is 0. The molecule has 0 radical (unpaired) electrons. The van der Waals surface area contributed by atoms with Crippen molar-refractivity contribution in [2.45, 2.75) is 13.0 Å². The van der Waals surface area contributed by atoms with Gasteiger partial charge in [-0.25, -0.2) is 0 Å². The molecule has 1 fully saturated rings. The smallest absolute Gasteiger partial charge is 0.0607 e. The van der Waals surface area contributed by atoms with Crippen LogP contribution in [0.3, 0.4) is 0 Å². The summed E-state index contributed by atoms with van der Waals surface area (Å²) in [5, 5.41) is 20.6. The van der Waals surface area contributed by atoms with Gasteiger partial charge in [0, 0.05) is 12.0 Å². The molecular weight excluding hydrogens is 158 g/mol. The third kappa shape index (κ3) is 2.42. The molecule has 4 nitrogen and oxygen atoms in total. The van der Waals surface area contributed by atoms with Crippen LogP contribution in [0.5, 0.6) is 0 Å². The monoisotopic (exact) mass is 175 g/mol. The van der Waals surface area contributed by atoms with Crippen molar-refractivity contribution < 1.29 is 14.9 Å². The van der Waals surface area contributed by atoms with Crippen LogP contribution in [-0.2, 0) is 4.74 Å². The summed E-state index contributed by atoms with van der Waals surface area (Å²) in [6.45, 7) is 4.40. The predicted molar refractivity (Wildman–Crippen MR) is 44.9 cm³/mol. The van der Waals surface area contributed by atoms with E-state index in [9.17, 15) is 0 Å². The number of nitrogens with one attached hydrogen (secondary N) is 1. The third-order valence-electron chi connectivity index (χ3n) is 2.16. The van der Waals surface area contributed by atoms with Crippen LogP contribution < -0.4 is 5.32 Å². The summed E-state index contributed by atoms with van der Waals surface area (Å²) < 4.78 is 5.07. The first-order chi connectivity index (χ1) is 5.70. The van der Waals surface area contributed by atoms with Gasteiger partial charge in [0.1, 0.15) is 0 Å². The van der Waals surface area contributed by atoms with E-state index in [1.165, 1.54) is 0 Å². The largest absolute Gasteiger partial charge is 0.395 e. The number of ether oxygens (including phenoxy) is 1. The lowest BCUT2D eigenvalue weighted by molar-refractivity contribution is -0.101. The van der Waals surface area contributed by atoms with Crippen molar-refractivity contribution in [2.24, 2.45) is 5.41 Å². The highest BCUT2D eigenvalue weighted by Crippen LogP contribution is 2.25. The van der Waals surface area contributed by atoms with E-state index >= 15 is 0 Å². The predicted octanol–water partition coefficient (Wildman–Crippen LogP) is -1.03. The molecule has 0 saturated carbocycles. The zero-order chi connectivity index (χ0) is 9.03. The molecule has 0 atom stereocenters. The lowest BCUT2D eigenvalue weighted by atomic mass is 9.88. The summed E-state index contributed by atoms with van der Waals surface area (Å²) >= 11 is 0. The van der Waals surface area contributed by atoms with E-state index in [0.29, 0.717) is 0 Å². The van der Waals surface area contributed by atoms with Crippen LogP contribution in [0.2, 0.25) is 0 Å². The van der Waals surface area contributed by atoms with E-state index in [1.54, 1.807) is 0 Å². The Morgan fingerprint density at radius 3 is 2.33 bits per heavy atom. The van der Waals surface area contributed by atoms with Gasteiger partial charge in [-0.3, -0.25) is 0 Å². The molecule has 12 heavy (non-hydrogen) atoms. The maximum atomic E-state index is 8.76. The first-order valence-corrected chi connectivity index (χ1v) is 4.23. The number of hydrogen-bond donors (Lipinski definition) is 3. The van der Waals surface area contributed by atoms with Crippen molar-refractivity contribution in [3.05, 3.63) is 0 Å². The first-order valence-electron chi connectivity index (χ1n) is 4.23. The molecule has 0 bridgehead atoms. The highest BCUT2D eigenvalue weighted by molar-refractivity contribution is 4.84. The fourth-order valence-corrected chi connectivity index (χ4v) is 1.13. The average molecular weight is 175 g/mol. The van der Waals surface area contributed by atoms with Crippen LogP contribution in [0.25, 0.3) is 0 Å². The Hall–Kier alpha value is -0.160. The molecule has 3 N–H and O–H groups in total. The van der Waals surface area contributed by atoms with E-state index in [4.69, 9.17) is 14.9 Å². The fourth-order valence-electron chi connectivity index (χ4n) is 1.13. The van der Waals surface area contributed by atoms with E-state index in [1.807, 2.05) is 0 Å². The Balaban J connectivity index is 2.14. The lowest BCUT2D eigenvalue weighted by Crippen LogP contribution is -2.51. The molecule has 0 unspecified atom stereocenters. The molecule has 0 aliphatic carbocycles. The normalized spacial score (nSPS) is 21.0. The van der Waals surface area contributed by atoms with Crippen molar-refractivity contribution in [1.29, 1.82) is 0 Å². The number of aliphatic hydroxyl groups is 2. The summed E-state index contributed by atoms with van der Waals surface area (Å²) in [4.78, 5) is 0. The van der Waals surface area contributed by atoms with Crippen molar-refractivity contribution in [1.82, 2.24) is 5.32 Å². The second kappa shape index (κ2) is 4.18. The van der Waals surface area contributed by atoms with Gasteiger partial charge in [-0.15, -0.1) is 0 Å². The molecule has 0 aromatic rings. The van der Waals surface area contributed by atoms with Crippen LogP contribution in [0.15, 0.2) is 0 Å². The minimum atomic E-state index is -0.192. The quantitative estimate of drug-likeness (QED) is 0.500. The molecule has 1 saturated heterocycles. The standard InChI is InChI=1S/C8H17NO3/c1-8(5-12-6-8)4-9-7(2-10)3-11/h7,9-11H,2-6H2,1H3. The second-order valence-electron chi connectivity index (χ2n) is 3.75. The number of rotatable bonds is 5. The molecule has 1 aliphatic heterocycles. The third-order valence-corrected chi connectivity index (χ3v) is 2.16. The Kier molecular flexibility index (Phi) is 3.46. The Morgan fingerprint density at radius 2 is 2.00 bits per heavy atom. The minimum absolute atomic E-state index is 0.0204. The summed E-state index contributed by atoms with van der Waals surface area (Å²) in [7, 11) is 0. The van der Waals surface area contributed by atoms with Gasteiger partial charge >= 0.3 is 0 Å². The Labute approximate surface area is 72.5 Å². The SMILES string of the molecule is CC1(CNC(CO)CO)COC1. The highest BCUT2D eigenvalue weighted by atomic mass is 16.5. The van der Waals surface area contributed by atoms with Gasteiger partial charge < -0.3 is 20.3 Å². The van der Waals surface area contributed by atoms with Crippen molar-refractivity contribution in [3.63, 3.8) is 0 Å². The zero-order valence-corrected chi connectivity index (χ0v) is 7.42. The minimum Gasteiger partial charge on any atom is -0.395 e. The molecule has 1 heterocycles. The van der Waals surface area contributed by atoms with Crippen molar-refractivity contribution in [3.8, 4) is 0 Å². The van der Waals surface area contributed by atoms with Gasteiger partial charge in [0.25, 0.3) is 0 Å². The molecular formula is C8H17NO3. The van der Waals surface area contributed by atoms with Crippen LogP contribution in [-0.4, -0.2) is 49.2 Å². The number of hydrogen-bond acceptors (Lipinski definition) is 4.